The van der Waals surface area contributed by atoms with Crippen molar-refractivity contribution >= 4 is 23.8 Å². The molecule has 0 radical (unpaired) electrons. The molecule has 2 aromatic carbocycles. The van der Waals surface area contributed by atoms with Gasteiger partial charge in [-0.25, -0.2) is 15.1 Å². The number of ether oxygens (including phenoxy) is 4. The van der Waals surface area contributed by atoms with Crippen molar-refractivity contribution in [2.24, 2.45) is 35.5 Å². The lowest BCUT2D eigenvalue weighted by molar-refractivity contribution is -0.152. The second-order valence-electron chi connectivity index (χ2n) is 19.6. The number of fused-ring (bicyclic) bond motifs is 4. The van der Waals surface area contributed by atoms with Crippen molar-refractivity contribution < 1.29 is 63.8 Å². The second kappa shape index (κ2) is 27.0. The van der Waals surface area contributed by atoms with Crippen LogP contribution in [0.3, 0.4) is 0 Å². The monoisotopic (exact) mass is 939 g/mol. The predicted molar refractivity (Wildman–Crippen MR) is 250 cm³/mol. The summed E-state index contributed by atoms with van der Waals surface area (Å²) in [5.74, 6) is 0.862. The Morgan fingerprint density at radius 2 is 1.09 bits per heavy atom. The van der Waals surface area contributed by atoms with Gasteiger partial charge in [0.15, 0.2) is 26.4 Å². The van der Waals surface area contributed by atoms with Crippen LogP contribution in [0.5, 0.6) is 11.5 Å². The minimum Gasteiger partial charge on any atom is -0.482 e. The third-order valence-corrected chi connectivity index (χ3v) is 14.7. The van der Waals surface area contributed by atoms with Gasteiger partial charge in [0.2, 0.25) is 0 Å². The highest BCUT2D eigenvalue weighted by Crippen LogP contribution is 2.50. The van der Waals surface area contributed by atoms with E-state index in [9.17, 15) is 39.6 Å². The normalized spacial score (nSPS) is 24.3. The first kappa shape index (κ1) is 53.7. The average Bonchev–Trinajstić information content (AvgIpc) is 3.80. The van der Waals surface area contributed by atoms with Crippen LogP contribution in [0, 0.1) is 35.5 Å². The Balaban J connectivity index is 0.000000251. The van der Waals surface area contributed by atoms with Crippen LogP contribution in [0.4, 0.5) is 0 Å². The summed E-state index contributed by atoms with van der Waals surface area (Å²) in [4.78, 5) is 47.8. The van der Waals surface area contributed by atoms with E-state index in [0.29, 0.717) is 35.2 Å². The maximum Gasteiger partial charge on any atom is 0.344 e. The second-order valence-corrected chi connectivity index (χ2v) is 19.6. The summed E-state index contributed by atoms with van der Waals surface area (Å²) in [6.07, 6.45) is 15.2. The zero-order valence-electron chi connectivity index (χ0n) is 40.2. The van der Waals surface area contributed by atoms with Gasteiger partial charge in [0.05, 0.1) is 24.4 Å². The number of amides is 2. The first-order valence-corrected chi connectivity index (χ1v) is 24.9. The lowest BCUT2D eigenvalue weighted by Crippen LogP contribution is -2.29. The highest BCUT2D eigenvalue weighted by atomic mass is 16.6. The average molecular weight is 939 g/mol. The van der Waals surface area contributed by atoms with Crippen LogP contribution >= 0.6 is 0 Å². The van der Waals surface area contributed by atoms with Crippen molar-refractivity contribution in [3.8, 4) is 11.5 Å². The largest absolute Gasteiger partial charge is 0.482 e. The van der Waals surface area contributed by atoms with Gasteiger partial charge in [-0.2, -0.15) is 0 Å². The van der Waals surface area contributed by atoms with E-state index >= 15 is 0 Å². The van der Waals surface area contributed by atoms with E-state index in [1.807, 2.05) is 24.3 Å². The molecule has 4 aliphatic carbocycles. The van der Waals surface area contributed by atoms with Gasteiger partial charge < -0.3 is 44.3 Å². The number of carbonyl (C=O) groups is 4. The van der Waals surface area contributed by atoms with E-state index < -0.39 is 24.5 Å². The van der Waals surface area contributed by atoms with Crippen LogP contribution in [-0.4, -0.2) is 119 Å². The number of likely N-dealkylation sites (N-methyl/N-ethyl adjacent to an activating group) is 1. The molecule has 2 fully saturated rings. The van der Waals surface area contributed by atoms with Crippen LogP contribution in [0.25, 0.3) is 0 Å². The molecule has 0 bridgehead atoms. The lowest BCUT2D eigenvalue weighted by Gasteiger charge is -2.32. The summed E-state index contributed by atoms with van der Waals surface area (Å²) in [6, 6.07) is 11.7. The Morgan fingerprint density at radius 1 is 0.642 bits per heavy atom. The van der Waals surface area contributed by atoms with Gasteiger partial charge in [-0.05, 0) is 147 Å². The highest BCUT2D eigenvalue weighted by molar-refractivity contribution is 5.81. The summed E-state index contributed by atoms with van der Waals surface area (Å²) in [5.41, 5.74) is 5.94. The molecule has 6 N–H and O–H groups in total. The van der Waals surface area contributed by atoms with Crippen LogP contribution in [0.15, 0.2) is 36.4 Å². The fourth-order valence-electron chi connectivity index (χ4n) is 11.0. The fraction of sp³-hybridized carbons (Fsp3) is 0.692. The van der Waals surface area contributed by atoms with Gasteiger partial charge in [0.1, 0.15) is 11.5 Å². The molecule has 0 saturated heterocycles. The van der Waals surface area contributed by atoms with Gasteiger partial charge >= 0.3 is 11.9 Å². The van der Waals surface area contributed by atoms with E-state index in [1.54, 1.807) is 14.1 Å². The minimum atomic E-state index is -0.811. The number of hydrogen-bond donors (Lipinski definition) is 6. The molecule has 0 spiro atoms. The van der Waals surface area contributed by atoms with Crippen molar-refractivity contribution in [2.45, 2.75) is 154 Å². The third-order valence-electron chi connectivity index (χ3n) is 14.7. The van der Waals surface area contributed by atoms with Crippen LogP contribution in [-0.2, 0) is 54.3 Å². The number of benzene rings is 2. The molecule has 67 heavy (non-hydrogen) atoms. The van der Waals surface area contributed by atoms with E-state index in [1.165, 1.54) is 21.5 Å². The molecule has 10 atom stereocenters. The van der Waals surface area contributed by atoms with Gasteiger partial charge in [-0.3, -0.25) is 14.8 Å². The molecule has 15 heteroatoms. The van der Waals surface area contributed by atoms with Crippen LogP contribution < -0.4 is 15.0 Å². The summed E-state index contributed by atoms with van der Waals surface area (Å²) in [7, 11) is 3.22. The summed E-state index contributed by atoms with van der Waals surface area (Å²) >= 11 is 0. The number of hydroxylamine groups is 1. The topological polar surface area (TPSA) is 222 Å². The number of unbranched alkanes of at least 4 members (excludes halogenated alkanes) is 4. The van der Waals surface area contributed by atoms with Crippen molar-refractivity contribution in [3.05, 3.63) is 58.7 Å². The first-order valence-electron chi connectivity index (χ1n) is 24.9. The zero-order chi connectivity index (χ0) is 48.5. The molecule has 0 aromatic heterocycles. The SMILES string of the molecule is CCCCC[C@@H](O)CC[C@@H]1C2Cc3cccc(OCC(=O)OCC(=O)N(C)C)c3CC2C[C@H]1O.CCCCC[C@@H](O)CC[C@@H]1C2Cc3cccc(OCC(=O)OCC(=O)NO)c3CC2C[C@H]1O. The van der Waals surface area contributed by atoms with E-state index in [0.717, 1.165) is 127 Å². The smallest absolute Gasteiger partial charge is 0.344 e. The molecule has 2 aromatic rings. The van der Waals surface area contributed by atoms with E-state index in [2.05, 4.69) is 26.0 Å². The number of nitrogens with zero attached hydrogens (tertiary/aromatic N) is 1. The predicted octanol–water partition coefficient (Wildman–Crippen LogP) is 5.68. The minimum absolute atomic E-state index is 0.196. The molecule has 0 heterocycles. The molecular formula is C52H78N2O13. The number of aliphatic hydroxyl groups excluding tert-OH is 4. The zero-order valence-corrected chi connectivity index (χ0v) is 40.2. The number of carbonyl (C=O) groups excluding carboxylic acids is 4. The van der Waals surface area contributed by atoms with Crippen molar-refractivity contribution in [1.29, 1.82) is 0 Å². The Kier molecular flexibility index (Phi) is 21.7. The molecule has 15 nitrogen and oxygen atoms in total. The van der Waals surface area contributed by atoms with Gasteiger partial charge in [0, 0.05) is 14.1 Å². The molecule has 374 valence electrons. The summed E-state index contributed by atoms with van der Waals surface area (Å²) < 4.78 is 21.2. The molecule has 0 aliphatic heterocycles. The van der Waals surface area contributed by atoms with Gasteiger partial charge in [-0.15, -0.1) is 0 Å². The molecule has 4 aliphatic rings. The maximum absolute atomic E-state index is 12.0. The Hall–Kier alpha value is -4.28. The van der Waals surface area contributed by atoms with Gasteiger partial charge in [0.25, 0.3) is 11.8 Å². The van der Waals surface area contributed by atoms with Crippen molar-refractivity contribution in [3.63, 3.8) is 0 Å². The third kappa shape index (κ3) is 15.9. The molecule has 4 unspecified atom stereocenters. The summed E-state index contributed by atoms with van der Waals surface area (Å²) in [5, 5.41) is 50.7. The number of nitrogens with one attached hydrogen (secondary N) is 1. The quantitative estimate of drug-likeness (QED) is 0.0324. The first-order chi connectivity index (χ1) is 32.2. The van der Waals surface area contributed by atoms with Crippen molar-refractivity contribution in [2.75, 3.05) is 40.5 Å². The Morgan fingerprint density at radius 3 is 1.51 bits per heavy atom. The number of esters is 2. The molecule has 6 rings (SSSR count). The number of aliphatic hydroxyl groups is 4. The standard InChI is InChI=1S/C27H41NO6.C25H37NO7/c1-4-5-6-9-20(29)11-12-21-22-13-18-8-7-10-25(23(18)14-19(22)15-24(21)30)33-17-27(32)34-16-26(31)28(2)3;1-2-3-4-7-18(27)9-10-19-20-11-16-6-5-8-23(21(16)12-17(20)13-22(19)28)32-15-25(30)33-14-24(29)26-31/h7-8,10,19-22,24,29-30H,4-6,9,11-17H2,1-3H3;5-6,8,17-20,22,27-28,31H,2-4,7,9-15H2,1H3,(H,26,29)/t19?,20-,21-,22?,24-;17?,18-,19-,20?,22-/m11/s1. The van der Waals surface area contributed by atoms with Gasteiger partial charge in [-0.1, -0.05) is 76.6 Å². The fourth-order valence-corrected chi connectivity index (χ4v) is 11.0. The lowest BCUT2D eigenvalue weighted by atomic mass is 9.73. The van der Waals surface area contributed by atoms with Crippen LogP contribution in [0.1, 0.15) is 126 Å². The van der Waals surface area contributed by atoms with E-state index in [4.69, 9.17) is 24.2 Å². The highest BCUT2D eigenvalue weighted by Gasteiger charge is 2.46. The van der Waals surface area contributed by atoms with Crippen LogP contribution in [0.2, 0.25) is 0 Å². The molecule has 2 saturated carbocycles. The van der Waals surface area contributed by atoms with E-state index in [-0.39, 0.29) is 62.0 Å². The van der Waals surface area contributed by atoms with Crippen molar-refractivity contribution in [1.82, 2.24) is 10.4 Å². The number of hydrogen-bond acceptors (Lipinski definition) is 13. The Labute approximate surface area is 396 Å². The Bertz CT molecular complexity index is 1890. The number of rotatable bonds is 24. The molecule has 2 amide bonds. The maximum atomic E-state index is 12.0. The molecular weight excluding hydrogens is 861 g/mol. The summed E-state index contributed by atoms with van der Waals surface area (Å²) in [6.45, 7) is 2.89.